The van der Waals surface area contributed by atoms with E-state index in [1.54, 1.807) is 12.3 Å². The Morgan fingerprint density at radius 3 is 3.23 bits per heavy atom. The second-order valence-corrected chi connectivity index (χ2v) is 3.85. The maximum absolute atomic E-state index is 5.91. The zero-order valence-electron chi connectivity index (χ0n) is 6.83. The average Bonchev–Trinajstić information content (AvgIpc) is 2.48. The summed E-state index contributed by atoms with van der Waals surface area (Å²) in [5.74, 6) is 0.793. The van der Waals surface area contributed by atoms with Gasteiger partial charge in [-0.1, -0.05) is 17.7 Å². The van der Waals surface area contributed by atoms with Gasteiger partial charge in [0.1, 0.15) is 10.7 Å². The highest BCUT2D eigenvalue weighted by atomic mass is 35.5. The van der Waals surface area contributed by atoms with E-state index in [9.17, 15) is 0 Å². The standard InChI is InChI=1S/C9H7ClN2S/c1-2-3-8-11-4-6-7(10)5-13-9(6)12-8/h2,4-5H,1,3H2. The van der Waals surface area contributed by atoms with E-state index in [0.29, 0.717) is 6.42 Å². The predicted octanol–water partition coefficient (Wildman–Crippen LogP) is 3.07. The van der Waals surface area contributed by atoms with Crippen molar-refractivity contribution < 1.29 is 0 Å². The fourth-order valence-electron chi connectivity index (χ4n) is 1.05. The van der Waals surface area contributed by atoms with Crippen molar-refractivity contribution in [2.24, 2.45) is 0 Å². The van der Waals surface area contributed by atoms with E-state index in [2.05, 4.69) is 16.5 Å². The van der Waals surface area contributed by atoms with Crippen molar-refractivity contribution in [3.05, 3.63) is 35.1 Å². The monoisotopic (exact) mass is 210 g/mol. The number of hydrogen-bond acceptors (Lipinski definition) is 3. The number of nitrogens with zero attached hydrogens (tertiary/aromatic N) is 2. The van der Waals surface area contributed by atoms with Gasteiger partial charge in [-0.15, -0.1) is 17.9 Å². The molecule has 2 rings (SSSR count). The molecule has 0 atom stereocenters. The number of thiophene rings is 1. The summed E-state index contributed by atoms with van der Waals surface area (Å²) in [7, 11) is 0. The van der Waals surface area contributed by atoms with Gasteiger partial charge in [-0.3, -0.25) is 0 Å². The molecule has 0 aliphatic rings. The van der Waals surface area contributed by atoms with Crippen LogP contribution in [0, 0.1) is 0 Å². The number of rotatable bonds is 2. The Labute approximate surface area is 84.9 Å². The van der Waals surface area contributed by atoms with Crippen molar-refractivity contribution in [1.82, 2.24) is 9.97 Å². The van der Waals surface area contributed by atoms with E-state index in [-0.39, 0.29) is 0 Å². The number of halogens is 1. The highest BCUT2D eigenvalue weighted by Gasteiger charge is 2.03. The van der Waals surface area contributed by atoms with E-state index >= 15 is 0 Å². The molecule has 0 radical (unpaired) electrons. The Kier molecular flexibility index (Phi) is 2.29. The summed E-state index contributed by atoms with van der Waals surface area (Å²) in [6.45, 7) is 3.64. The number of hydrogen-bond donors (Lipinski definition) is 0. The van der Waals surface area contributed by atoms with Gasteiger partial charge < -0.3 is 0 Å². The van der Waals surface area contributed by atoms with Gasteiger partial charge in [-0.05, 0) is 0 Å². The lowest BCUT2D eigenvalue weighted by atomic mass is 10.3. The smallest absolute Gasteiger partial charge is 0.133 e. The molecule has 0 aliphatic carbocycles. The molecule has 2 aromatic heterocycles. The lowest BCUT2D eigenvalue weighted by molar-refractivity contribution is 1.02. The summed E-state index contributed by atoms with van der Waals surface area (Å²) in [5.41, 5.74) is 0. The quantitative estimate of drug-likeness (QED) is 0.712. The van der Waals surface area contributed by atoms with Crippen LogP contribution < -0.4 is 0 Å². The molecule has 0 aromatic carbocycles. The first-order valence-corrected chi connectivity index (χ1v) is 5.06. The molecule has 0 N–H and O–H groups in total. The Bertz CT molecular complexity index is 450. The average molecular weight is 211 g/mol. The van der Waals surface area contributed by atoms with Crippen LogP contribution in [0.4, 0.5) is 0 Å². The third-order valence-corrected chi connectivity index (χ3v) is 2.99. The minimum atomic E-state index is 0.700. The minimum absolute atomic E-state index is 0.700. The van der Waals surface area contributed by atoms with Crippen LogP contribution in [0.1, 0.15) is 5.82 Å². The molecule has 2 aromatic rings. The van der Waals surface area contributed by atoms with Gasteiger partial charge in [-0.25, -0.2) is 9.97 Å². The normalized spacial score (nSPS) is 10.5. The Morgan fingerprint density at radius 2 is 2.46 bits per heavy atom. The second kappa shape index (κ2) is 3.44. The molecular formula is C9H7ClN2S. The SMILES string of the molecule is C=CCc1ncc2c(Cl)csc2n1. The Balaban J connectivity index is 2.56. The number of aromatic nitrogens is 2. The largest absolute Gasteiger partial charge is 0.240 e. The molecule has 0 spiro atoms. The minimum Gasteiger partial charge on any atom is -0.240 e. The summed E-state index contributed by atoms with van der Waals surface area (Å²) in [5, 5.41) is 3.53. The van der Waals surface area contributed by atoms with Gasteiger partial charge in [0.2, 0.25) is 0 Å². The number of allylic oxidation sites excluding steroid dienone is 1. The maximum Gasteiger partial charge on any atom is 0.133 e. The van der Waals surface area contributed by atoms with Crippen LogP contribution in [0.3, 0.4) is 0 Å². The molecule has 66 valence electrons. The summed E-state index contributed by atoms with van der Waals surface area (Å²) in [4.78, 5) is 9.45. The molecule has 0 saturated carbocycles. The van der Waals surface area contributed by atoms with Crippen LogP contribution in [0.5, 0.6) is 0 Å². The topological polar surface area (TPSA) is 25.8 Å². The van der Waals surface area contributed by atoms with E-state index < -0.39 is 0 Å². The van der Waals surface area contributed by atoms with Crippen molar-refractivity contribution in [2.75, 3.05) is 0 Å². The van der Waals surface area contributed by atoms with Gasteiger partial charge in [0, 0.05) is 23.4 Å². The third-order valence-electron chi connectivity index (χ3n) is 1.66. The van der Waals surface area contributed by atoms with Crippen LogP contribution in [0.25, 0.3) is 10.2 Å². The molecule has 2 heterocycles. The van der Waals surface area contributed by atoms with Crippen molar-refractivity contribution in [2.45, 2.75) is 6.42 Å². The van der Waals surface area contributed by atoms with E-state index in [4.69, 9.17) is 11.6 Å². The molecule has 0 amide bonds. The molecule has 0 bridgehead atoms. The van der Waals surface area contributed by atoms with Crippen LogP contribution in [-0.2, 0) is 6.42 Å². The summed E-state index contributed by atoms with van der Waals surface area (Å²) in [6.07, 6.45) is 4.25. The number of fused-ring (bicyclic) bond motifs is 1. The summed E-state index contributed by atoms with van der Waals surface area (Å²) >= 11 is 7.45. The van der Waals surface area contributed by atoms with Gasteiger partial charge in [0.25, 0.3) is 0 Å². The molecular weight excluding hydrogens is 204 g/mol. The van der Waals surface area contributed by atoms with E-state index in [0.717, 1.165) is 21.1 Å². The first-order valence-electron chi connectivity index (χ1n) is 3.81. The molecule has 2 nitrogen and oxygen atoms in total. The Morgan fingerprint density at radius 1 is 1.62 bits per heavy atom. The molecule has 0 saturated heterocycles. The molecule has 13 heavy (non-hydrogen) atoms. The lowest BCUT2D eigenvalue weighted by Crippen LogP contribution is -1.90. The fraction of sp³-hybridized carbons (Fsp3) is 0.111. The van der Waals surface area contributed by atoms with Crippen LogP contribution in [-0.4, -0.2) is 9.97 Å². The van der Waals surface area contributed by atoms with E-state index in [1.165, 1.54) is 11.3 Å². The molecule has 0 unspecified atom stereocenters. The summed E-state index contributed by atoms with van der Waals surface area (Å²) in [6, 6.07) is 0. The van der Waals surface area contributed by atoms with Gasteiger partial charge in [0.05, 0.1) is 5.02 Å². The van der Waals surface area contributed by atoms with Gasteiger partial charge in [-0.2, -0.15) is 0 Å². The van der Waals surface area contributed by atoms with Crippen molar-refractivity contribution in [3.8, 4) is 0 Å². The van der Waals surface area contributed by atoms with Crippen LogP contribution in [0.15, 0.2) is 24.2 Å². The first kappa shape index (κ1) is 8.66. The van der Waals surface area contributed by atoms with E-state index in [1.807, 2.05) is 5.38 Å². The zero-order chi connectivity index (χ0) is 9.26. The Hall–Kier alpha value is -0.930. The molecule has 0 aliphatic heterocycles. The second-order valence-electron chi connectivity index (χ2n) is 2.58. The first-order chi connectivity index (χ1) is 6.31. The molecule has 0 fully saturated rings. The maximum atomic E-state index is 5.91. The van der Waals surface area contributed by atoms with Crippen LogP contribution in [0.2, 0.25) is 5.02 Å². The predicted molar refractivity (Wildman–Crippen MR) is 56.3 cm³/mol. The van der Waals surface area contributed by atoms with Crippen molar-refractivity contribution in [3.63, 3.8) is 0 Å². The molecule has 4 heteroatoms. The highest BCUT2D eigenvalue weighted by Crippen LogP contribution is 2.27. The van der Waals surface area contributed by atoms with Gasteiger partial charge >= 0.3 is 0 Å². The van der Waals surface area contributed by atoms with Crippen LogP contribution >= 0.6 is 22.9 Å². The third kappa shape index (κ3) is 1.57. The van der Waals surface area contributed by atoms with Crippen molar-refractivity contribution in [1.29, 1.82) is 0 Å². The fourth-order valence-corrected chi connectivity index (χ4v) is 2.17. The van der Waals surface area contributed by atoms with Crippen molar-refractivity contribution >= 4 is 33.2 Å². The highest BCUT2D eigenvalue weighted by molar-refractivity contribution is 7.17. The zero-order valence-corrected chi connectivity index (χ0v) is 8.40. The summed E-state index contributed by atoms with van der Waals surface area (Å²) < 4.78 is 0. The lowest BCUT2D eigenvalue weighted by Gasteiger charge is -1.94. The van der Waals surface area contributed by atoms with Gasteiger partial charge in [0.15, 0.2) is 0 Å².